The molecule has 0 unspecified atom stereocenters. The first-order valence-electron chi connectivity index (χ1n) is 12.7. The molecule has 5 rings (SSSR count). The van der Waals surface area contributed by atoms with Gasteiger partial charge in [0.25, 0.3) is 0 Å². The quantitative estimate of drug-likeness (QED) is 0.231. The van der Waals surface area contributed by atoms with Gasteiger partial charge in [0.15, 0.2) is 5.11 Å². The van der Waals surface area contributed by atoms with Crippen molar-refractivity contribution in [2.45, 2.75) is 46.2 Å². The fourth-order valence-corrected chi connectivity index (χ4v) is 6.08. The summed E-state index contributed by atoms with van der Waals surface area (Å²) in [6.45, 7) is 7.99. The van der Waals surface area contributed by atoms with E-state index in [2.05, 4.69) is 51.1 Å². The average Bonchev–Trinajstić information content (AvgIpc) is 3.41. The number of carbonyl (C=O) groups excluding carboxylic acids is 1. The fourth-order valence-electron chi connectivity index (χ4n) is 5.25. The first-order chi connectivity index (χ1) is 18.7. The zero-order chi connectivity index (χ0) is 27.8. The minimum atomic E-state index is -0.187. The van der Waals surface area contributed by atoms with Crippen LogP contribution in [-0.4, -0.2) is 20.6 Å². The molecule has 1 amide bonds. The molecular weight excluding hydrogens is 549 g/mol. The van der Waals surface area contributed by atoms with Crippen molar-refractivity contribution in [1.82, 2.24) is 14.9 Å². The molecule has 39 heavy (non-hydrogen) atoms. The molecule has 200 valence electrons. The lowest BCUT2D eigenvalue weighted by molar-refractivity contribution is -0.115. The number of aromatic nitrogens is 2. The molecule has 0 spiro atoms. The number of benzene rings is 2. The Morgan fingerprint density at radius 3 is 2.54 bits per heavy atom. The average molecular weight is 579 g/mol. The van der Waals surface area contributed by atoms with Crippen molar-refractivity contribution in [1.29, 1.82) is 0 Å². The maximum atomic E-state index is 12.0. The van der Waals surface area contributed by atoms with Gasteiger partial charge in [-0.05, 0) is 98.7 Å². The van der Waals surface area contributed by atoms with Crippen LogP contribution in [0.1, 0.15) is 53.6 Å². The summed E-state index contributed by atoms with van der Waals surface area (Å²) in [7, 11) is 0. The van der Waals surface area contributed by atoms with Crippen LogP contribution in [0.4, 0.5) is 11.4 Å². The highest BCUT2D eigenvalue weighted by Crippen LogP contribution is 2.44. The lowest BCUT2D eigenvalue weighted by atomic mass is 9.96. The summed E-state index contributed by atoms with van der Waals surface area (Å²) in [6.07, 6.45) is 2.22. The molecule has 0 saturated carbocycles. The van der Waals surface area contributed by atoms with Crippen LogP contribution in [0.15, 0.2) is 66.9 Å². The number of hydrogen-bond donors (Lipinski definition) is 2. The van der Waals surface area contributed by atoms with Gasteiger partial charge in [0.1, 0.15) is 0 Å². The van der Waals surface area contributed by atoms with Crippen LogP contribution in [0.3, 0.4) is 0 Å². The monoisotopic (exact) mass is 577 g/mol. The summed E-state index contributed by atoms with van der Waals surface area (Å²) in [5.74, 6) is -0.0226. The van der Waals surface area contributed by atoms with E-state index in [-0.39, 0.29) is 18.0 Å². The third-order valence-corrected chi connectivity index (χ3v) is 7.97. The van der Waals surface area contributed by atoms with Crippen molar-refractivity contribution >= 4 is 57.8 Å². The second-order valence-corrected chi connectivity index (χ2v) is 10.9. The number of rotatable bonds is 6. The molecule has 0 bridgehead atoms. The lowest BCUT2D eigenvalue weighted by Gasteiger charge is -2.29. The Morgan fingerprint density at radius 1 is 1.08 bits per heavy atom. The normalized spacial score (nSPS) is 16.9. The topological polar surface area (TPSA) is 62.2 Å². The van der Waals surface area contributed by atoms with E-state index in [0.717, 1.165) is 45.3 Å². The van der Waals surface area contributed by atoms with Crippen LogP contribution in [0.25, 0.3) is 5.69 Å². The van der Waals surface area contributed by atoms with Crippen LogP contribution >= 0.6 is 35.4 Å². The Morgan fingerprint density at radius 2 is 1.87 bits per heavy atom. The van der Waals surface area contributed by atoms with E-state index in [1.807, 2.05) is 56.3 Å². The fraction of sp³-hybridized carbons (Fsp3) is 0.233. The molecule has 1 fully saturated rings. The minimum absolute atomic E-state index is 0.0226. The third kappa shape index (κ3) is 5.14. The molecule has 6 nitrogen and oxygen atoms in total. The van der Waals surface area contributed by atoms with Crippen LogP contribution in [0.2, 0.25) is 10.0 Å². The van der Waals surface area contributed by atoms with Crippen molar-refractivity contribution in [3.05, 3.63) is 105 Å². The van der Waals surface area contributed by atoms with Crippen LogP contribution in [0.5, 0.6) is 0 Å². The Kier molecular flexibility index (Phi) is 7.67. The number of anilines is 2. The van der Waals surface area contributed by atoms with Gasteiger partial charge in [-0.25, -0.2) is 0 Å². The van der Waals surface area contributed by atoms with E-state index in [4.69, 9.17) is 35.4 Å². The molecule has 2 N–H and O–H groups in total. The molecule has 2 aromatic heterocycles. The smallest absolute Gasteiger partial charge is 0.224 e. The van der Waals surface area contributed by atoms with Crippen molar-refractivity contribution in [2.75, 3.05) is 10.2 Å². The standard InChI is InChI=1S/C30H29Cl2N5OS/c1-5-27(38)34-24-11-10-21(14-17(24)2)37-29(28(35-30(37)39)25-8-6-7-13-33-25)22-15-18(3)36(19(22)4)26-12-9-20(31)16-23(26)32/h6-16,28-29H,5H2,1-4H3,(H,34,38)(H,35,39)/t28-,29-/m0/s1. The maximum absolute atomic E-state index is 12.0. The van der Waals surface area contributed by atoms with E-state index in [9.17, 15) is 4.79 Å². The number of nitrogens with zero attached hydrogens (tertiary/aromatic N) is 3. The molecule has 9 heteroatoms. The summed E-state index contributed by atoms with van der Waals surface area (Å²) in [6, 6.07) is 19.2. The Bertz CT molecular complexity index is 1570. The van der Waals surface area contributed by atoms with Gasteiger partial charge in [-0.3, -0.25) is 9.78 Å². The van der Waals surface area contributed by atoms with Crippen LogP contribution < -0.4 is 15.5 Å². The zero-order valence-corrected chi connectivity index (χ0v) is 24.5. The van der Waals surface area contributed by atoms with Crippen molar-refractivity contribution < 1.29 is 4.79 Å². The maximum Gasteiger partial charge on any atom is 0.224 e. The van der Waals surface area contributed by atoms with Gasteiger partial charge in [-0.1, -0.05) is 36.2 Å². The van der Waals surface area contributed by atoms with E-state index in [1.54, 1.807) is 12.3 Å². The van der Waals surface area contributed by atoms with Gasteiger partial charge in [-0.15, -0.1) is 0 Å². The Balaban J connectivity index is 1.64. The molecule has 2 aromatic carbocycles. The Hall–Kier alpha value is -3.39. The van der Waals surface area contributed by atoms with Gasteiger partial charge in [-0.2, -0.15) is 0 Å². The zero-order valence-electron chi connectivity index (χ0n) is 22.1. The molecule has 3 heterocycles. The molecule has 1 aliphatic heterocycles. The molecule has 0 radical (unpaired) electrons. The van der Waals surface area contributed by atoms with Gasteiger partial charge >= 0.3 is 0 Å². The molecule has 1 aliphatic rings. The number of pyridine rings is 1. The van der Waals surface area contributed by atoms with Gasteiger partial charge in [0.05, 0.1) is 28.5 Å². The second-order valence-electron chi connectivity index (χ2n) is 9.66. The molecule has 0 aliphatic carbocycles. The lowest BCUT2D eigenvalue weighted by Crippen LogP contribution is -2.29. The molecular formula is C30H29Cl2N5OS. The summed E-state index contributed by atoms with van der Waals surface area (Å²) < 4.78 is 2.15. The highest BCUT2D eigenvalue weighted by Gasteiger charge is 2.42. The second kappa shape index (κ2) is 11.0. The van der Waals surface area contributed by atoms with E-state index in [0.29, 0.717) is 21.6 Å². The van der Waals surface area contributed by atoms with E-state index >= 15 is 0 Å². The van der Waals surface area contributed by atoms with Crippen molar-refractivity contribution in [2.24, 2.45) is 0 Å². The number of aryl methyl sites for hydroxylation is 2. The first-order valence-corrected chi connectivity index (χ1v) is 13.9. The van der Waals surface area contributed by atoms with Gasteiger partial charge in [0.2, 0.25) is 5.91 Å². The molecule has 4 aromatic rings. The van der Waals surface area contributed by atoms with Crippen molar-refractivity contribution in [3.63, 3.8) is 0 Å². The van der Waals surface area contributed by atoms with E-state index in [1.165, 1.54) is 0 Å². The first kappa shape index (κ1) is 27.2. The summed E-state index contributed by atoms with van der Waals surface area (Å²) in [5.41, 5.74) is 7.61. The van der Waals surface area contributed by atoms with Crippen LogP contribution in [-0.2, 0) is 4.79 Å². The molecule has 1 saturated heterocycles. The highest BCUT2D eigenvalue weighted by molar-refractivity contribution is 7.80. The number of halogens is 2. The molecule has 2 atom stereocenters. The SMILES string of the molecule is CCC(=O)Nc1ccc(N2C(=S)N[C@@H](c3ccccn3)[C@@H]2c2cc(C)n(-c3ccc(Cl)cc3Cl)c2C)cc1C. The largest absolute Gasteiger partial charge is 0.351 e. The summed E-state index contributed by atoms with van der Waals surface area (Å²) in [4.78, 5) is 18.8. The summed E-state index contributed by atoms with van der Waals surface area (Å²) >= 11 is 18.8. The highest BCUT2D eigenvalue weighted by atomic mass is 35.5. The number of carbonyl (C=O) groups is 1. The minimum Gasteiger partial charge on any atom is -0.351 e. The van der Waals surface area contributed by atoms with Crippen LogP contribution in [0, 0.1) is 20.8 Å². The number of nitrogens with one attached hydrogen (secondary N) is 2. The predicted molar refractivity (Wildman–Crippen MR) is 163 cm³/mol. The number of thiocarbonyl (C=S) groups is 1. The summed E-state index contributed by atoms with van der Waals surface area (Å²) in [5, 5.41) is 8.28. The number of hydrogen-bond acceptors (Lipinski definition) is 3. The Labute approximate surface area is 244 Å². The van der Waals surface area contributed by atoms with Crippen molar-refractivity contribution in [3.8, 4) is 5.69 Å². The third-order valence-electron chi connectivity index (χ3n) is 7.12. The van der Waals surface area contributed by atoms with E-state index < -0.39 is 0 Å². The van der Waals surface area contributed by atoms with Gasteiger partial charge in [0, 0.05) is 40.4 Å². The number of amides is 1. The predicted octanol–water partition coefficient (Wildman–Crippen LogP) is 7.63. The van der Waals surface area contributed by atoms with Gasteiger partial charge < -0.3 is 20.1 Å².